The lowest BCUT2D eigenvalue weighted by Gasteiger charge is -2.03. The maximum atomic E-state index is 5.09. The summed E-state index contributed by atoms with van der Waals surface area (Å²) in [5.74, 6) is 1.10. The first-order valence-electron chi connectivity index (χ1n) is 4.62. The van der Waals surface area contributed by atoms with Crippen LogP contribution in [0.25, 0.3) is 11.4 Å². The average Bonchev–Trinajstić information content (AvgIpc) is 2.31. The predicted octanol–water partition coefficient (Wildman–Crippen LogP) is 1.86. The molecule has 0 unspecified atom stereocenters. The molecule has 0 aliphatic heterocycles. The summed E-state index contributed by atoms with van der Waals surface area (Å²) < 4.78 is 5.09. The molecule has 0 saturated heterocycles. The van der Waals surface area contributed by atoms with Crippen molar-refractivity contribution < 1.29 is 4.74 Å². The van der Waals surface area contributed by atoms with E-state index in [0.29, 0.717) is 17.4 Å². The molecule has 0 N–H and O–H groups in total. The van der Waals surface area contributed by atoms with Crippen molar-refractivity contribution in [3.8, 4) is 17.3 Å². The summed E-state index contributed by atoms with van der Waals surface area (Å²) in [6, 6.07) is 9.69. The topological polar surface area (TPSA) is 47.9 Å². The van der Waals surface area contributed by atoms with Crippen LogP contribution >= 0.6 is 0 Å². The highest BCUT2D eigenvalue weighted by atomic mass is 16.5. The highest BCUT2D eigenvalue weighted by molar-refractivity contribution is 5.54. The zero-order valence-corrected chi connectivity index (χ0v) is 8.64. The van der Waals surface area contributed by atoms with E-state index in [1.807, 2.05) is 37.3 Å². The van der Waals surface area contributed by atoms with E-state index in [4.69, 9.17) is 4.74 Å². The molecule has 76 valence electrons. The summed E-state index contributed by atoms with van der Waals surface area (Å²) in [6.45, 7) is 1.81. The van der Waals surface area contributed by atoms with E-state index >= 15 is 0 Å². The molecule has 0 aliphatic carbocycles. The highest BCUT2D eigenvalue weighted by Gasteiger charge is 2.06. The van der Waals surface area contributed by atoms with Gasteiger partial charge >= 0.3 is 0 Å². The summed E-state index contributed by atoms with van der Waals surface area (Å²) in [5, 5.41) is 8.00. The third-order valence-electron chi connectivity index (χ3n) is 2.04. The lowest BCUT2D eigenvalue weighted by molar-refractivity contribution is 0.390. The Hall–Kier alpha value is -1.97. The predicted molar refractivity (Wildman–Crippen MR) is 56.6 cm³/mol. The molecule has 1 aromatic carbocycles. The Balaban J connectivity index is 2.46. The van der Waals surface area contributed by atoms with Crippen LogP contribution in [0, 0.1) is 6.92 Å². The first kappa shape index (κ1) is 9.58. The van der Waals surface area contributed by atoms with Gasteiger partial charge in [0.05, 0.1) is 7.11 Å². The van der Waals surface area contributed by atoms with Gasteiger partial charge < -0.3 is 4.74 Å². The van der Waals surface area contributed by atoms with Crippen molar-refractivity contribution in [2.45, 2.75) is 6.92 Å². The van der Waals surface area contributed by atoms with Gasteiger partial charge in [-0.15, -0.1) is 10.2 Å². The number of aryl methyl sites for hydroxylation is 1. The number of hydrogen-bond acceptors (Lipinski definition) is 4. The molecule has 1 heterocycles. The fraction of sp³-hybridized carbons (Fsp3) is 0.182. The SMILES string of the molecule is COc1nc(-c2ccccc2)nnc1C. The smallest absolute Gasteiger partial charge is 0.239 e. The van der Waals surface area contributed by atoms with Gasteiger partial charge in [0.1, 0.15) is 5.69 Å². The zero-order valence-electron chi connectivity index (χ0n) is 8.64. The number of nitrogens with zero attached hydrogens (tertiary/aromatic N) is 3. The molecule has 4 nitrogen and oxygen atoms in total. The van der Waals surface area contributed by atoms with E-state index in [9.17, 15) is 0 Å². The standard InChI is InChI=1S/C11H11N3O/c1-8-11(15-2)12-10(14-13-8)9-6-4-3-5-7-9/h3-7H,1-2H3. The Kier molecular flexibility index (Phi) is 2.58. The summed E-state index contributed by atoms with van der Waals surface area (Å²) in [6.07, 6.45) is 0. The molecule has 4 heteroatoms. The van der Waals surface area contributed by atoms with E-state index in [2.05, 4.69) is 15.2 Å². The van der Waals surface area contributed by atoms with Gasteiger partial charge in [0.2, 0.25) is 5.88 Å². The molecule has 1 aromatic heterocycles. The van der Waals surface area contributed by atoms with Gasteiger partial charge in [0.25, 0.3) is 0 Å². The zero-order chi connectivity index (χ0) is 10.7. The van der Waals surface area contributed by atoms with Crippen LogP contribution < -0.4 is 4.74 Å². The second kappa shape index (κ2) is 4.04. The molecular weight excluding hydrogens is 190 g/mol. The van der Waals surface area contributed by atoms with Gasteiger partial charge in [-0.3, -0.25) is 0 Å². The van der Waals surface area contributed by atoms with Gasteiger partial charge in [-0.2, -0.15) is 4.98 Å². The fourth-order valence-corrected chi connectivity index (χ4v) is 1.27. The molecule has 2 rings (SSSR count). The van der Waals surface area contributed by atoms with Crippen molar-refractivity contribution in [1.29, 1.82) is 0 Å². The van der Waals surface area contributed by atoms with Crippen LogP contribution in [0.5, 0.6) is 5.88 Å². The molecule has 0 fully saturated rings. The summed E-state index contributed by atoms with van der Waals surface area (Å²) >= 11 is 0. The minimum atomic E-state index is 0.517. The minimum absolute atomic E-state index is 0.517. The van der Waals surface area contributed by atoms with Gasteiger partial charge in [-0.05, 0) is 6.92 Å². The van der Waals surface area contributed by atoms with E-state index in [1.54, 1.807) is 7.11 Å². The fourth-order valence-electron chi connectivity index (χ4n) is 1.27. The Morgan fingerprint density at radius 3 is 2.47 bits per heavy atom. The molecule has 2 aromatic rings. The van der Waals surface area contributed by atoms with Crippen LogP contribution in [-0.4, -0.2) is 22.3 Å². The van der Waals surface area contributed by atoms with E-state index in [1.165, 1.54) is 0 Å². The largest absolute Gasteiger partial charge is 0.480 e. The van der Waals surface area contributed by atoms with Crippen LogP contribution in [-0.2, 0) is 0 Å². The molecule has 0 aliphatic rings. The number of hydrogen-bond donors (Lipinski definition) is 0. The number of ether oxygens (including phenoxy) is 1. The lowest BCUT2D eigenvalue weighted by Crippen LogP contribution is -1.99. The van der Waals surface area contributed by atoms with Crippen LogP contribution in [0.15, 0.2) is 30.3 Å². The maximum Gasteiger partial charge on any atom is 0.239 e. The van der Waals surface area contributed by atoms with Crippen molar-refractivity contribution >= 4 is 0 Å². The number of aromatic nitrogens is 3. The minimum Gasteiger partial charge on any atom is -0.480 e. The quantitative estimate of drug-likeness (QED) is 0.744. The molecule has 0 amide bonds. The van der Waals surface area contributed by atoms with Gasteiger partial charge in [-0.25, -0.2) is 0 Å². The van der Waals surface area contributed by atoms with Crippen molar-refractivity contribution in [3.05, 3.63) is 36.0 Å². The van der Waals surface area contributed by atoms with Gasteiger partial charge in [-0.1, -0.05) is 30.3 Å². The molecule has 0 bridgehead atoms. The van der Waals surface area contributed by atoms with Crippen molar-refractivity contribution in [3.63, 3.8) is 0 Å². The third-order valence-corrected chi connectivity index (χ3v) is 2.04. The molecule has 0 spiro atoms. The second-order valence-electron chi connectivity index (χ2n) is 3.10. The molecule has 0 atom stereocenters. The summed E-state index contributed by atoms with van der Waals surface area (Å²) in [7, 11) is 1.58. The molecular formula is C11H11N3O. The lowest BCUT2D eigenvalue weighted by atomic mass is 10.2. The second-order valence-corrected chi connectivity index (χ2v) is 3.10. The maximum absolute atomic E-state index is 5.09. The van der Waals surface area contributed by atoms with Crippen molar-refractivity contribution in [2.75, 3.05) is 7.11 Å². The monoisotopic (exact) mass is 201 g/mol. The number of benzene rings is 1. The van der Waals surface area contributed by atoms with Crippen LogP contribution in [0.4, 0.5) is 0 Å². The Labute approximate surface area is 88.0 Å². The summed E-state index contributed by atoms with van der Waals surface area (Å²) in [4.78, 5) is 4.27. The Morgan fingerprint density at radius 2 is 1.80 bits per heavy atom. The molecule has 0 saturated carbocycles. The van der Waals surface area contributed by atoms with Gasteiger partial charge in [0.15, 0.2) is 5.82 Å². The third kappa shape index (κ3) is 1.93. The van der Waals surface area contributed by atoms with E-state index in [-0.39, 0.29) is 0 Å². The van der Waals surface area contributed by atoms with E-state index in [0.717, 1.165) is 5.56 Å². The Morgan fingerprint density at radius 1 is 1.07 bits per heavy atom. The van der Waals surface area contributed by atoms with Crippen LogP contribution in [0.1, 0.15) is 5.69 Å². The first-order valence-corrected chi connectivity index (χ1v) is 4.62. The van der Waals surface area contributed by atoms with Crippen molar-refractivity contribution in [2.24, 2.45) is 0 Å². The normalized spacial score (nSPS) is 10.0. The highest BCUT2D eigenvalue weighted by Crippen LogP contribution is 2.17. The molecule has 0 radical (unpaired) electrons. The Bertz CT molecular complexity index is 457. The number of methoxy groups -OCH3 is 1. The first-order chi connectivity index (χ1) is 7.31. The average molecular weight is 201 g/mol. The van der Waals surface area contributed by atoms with Crippen LogP contribution in [0.3, 0.4) is 0 Å². The van der Waals surface area contributed by atoms with E-state index < -0.39 is 0 Å². The summed E-state index contributed by atoms with van der Waals surface area (Å²) in [5.41, 5.74) is 1.63. The van der Waals surface area contributed by atoms with Crippen molar-refractivity contribution in [1.82, 2.24) is 15.2 Å². The molecule has 15 heavy (non-hydrogen) atoms. The van der Waals surface area contributed by atoms with Gasteiger partial charge in [0, 0.05) is 5.56 Å². The number of rotatable bonds is 2. The van der Waals surface area contributed by atoms with Crippen LogP contribution in [0.2, 0.25) is 0 Å².